The van der Waals surface area contributed by atoms with Gasteiger partial charge in [-0.25, -0.2) is 8.42 Å². The molecule has 0 atom stereocenters. The lowest BCUT2D eigenvalue weighted by atomic mass is 10.3. The quantitative estimate of drug-likeness (QED) is 0.579. The van der Waals surface area contributed by atoms with Gasteiger partial charge in [0.05, 0.1) is 4.92 Å². The van der Waals surface area contributed by atoms with Crippen molar-refractivity contribution in [3.63, 3.8) is 0 Å². The van der Waals surface area contributed by atoms with Crippen molar-refractivity contribution in [2.45, 2.75) is 11.8 Å². The summed E-state index contributed by atoms with van der Waals surface area (Å²) in [6.07, 6.45) is 0. The number of ketones is 1. The molecule has 0 aliphatic carbocycles. The van der Waals surface area contributed by atoms with Gasteiger partial charge in [-0.05, 0) is 13.0 Å². The summed E-state index contributed by atoms with van der Waals surface area (Å²) < 4.78 is 23.3. The second-order valence-corrected chi connectivity index (χ2v) is 5.14. The first-order chi connectivity index (χ1) is 7.34. The van der Waals surface area contributed by atoms with Crippen molar-refractivity contribution in [3.8, 4) is 0 Å². The standard InChI is InChI=1S/C9H9NO5S/c1-7(11)6-16(14,15)9-5-3-2-4-8(9)10(12)13/h2-5H,6H2,1H3. The van der Waals surface area contributed by atoms with Gasteiger partial charge < -0.3 is 0 Å². The van der Waals surface area contributed by atoms with Gasteiger partial charge in [0.1, 0.15) is 16.4 Å². The van der Waals surface area contributed by atoms with E-state index in [1.807, 2.05) is 0 Å². The molecule has 0 aliphatic rings. The van der Waals surface area contributed by atoms with E-state index in [0.717, 1.165) is 19.1 Å². The van der Waals surface area contributed by atoms with Gasteiger partial charge in [0.25, 0.3) is 5.69 Å². The molecule has 0 fully saturated rings. The van der Waals surface area contributed by atoms with Crippen LogP contribution in [0.3, 0.4) is 0 Å². The molecule has 0 radical (unpaired) electrons. The third kappa shape index (κ3) is 2.63. The molecular formula is C9H9NO5S. The van der Waals surface area contributed by atoms with Crippen LogP contribution in [-0.4, -0.2) is 24.9 Å². The molecule has 0 aromatic heterocycles. The molecule has 0 aliphatic heterocycles. The van der Waals surface area contributed by atoms with E-state index in [-0.39, 0.29) is 0 Å². The van der Waals surface area contributed by atoms with Crippen LogP contribution in [0.15, 0.2) is 29.2 Å². The molecular weight excluding hydrogens is 234 g/mol. The molecule has 0 unspecified atom stereocenters. The first-order valence-corrected chi connectivity index (χ1v) is 5.95. The molecule has 0 bridgehead atoms. The van der Waals surface area contributed by atoms with Crippen LogP contribution in [0, 0.1) is 10.1 Å². The van der Waals surface area contributed by atoms with Crippen molar-refractivity contribution in [2.75, 3.05) is 5.75 Å². The fourth-order valence-electron chi connectivity index (χ4n) is 1.22. The minimum Gasteiger partial charge on any atom is -0.299 e. The maximum atomic E-state index is 11.6. The Balaban J connectivity index is 3.33. The highest BCUT2D eigenvalue weighted by molar-refractivity contribution is 7.92. The normalized spacial score (nSPS) is 11.1. The van der Waals surface area contributed by atoms with E-state index in [1.165, 1.54) is 12.1 Å². The van der Waals surface area contributed by atoms with Crippen molar-refractivity contribution in [3.05, 3.63) is 34.4 Å². The fraction of sp³-hybridized carbons (Fsp3) is 0.222. The van der Waals surface area contributed by atoms with Crippen molar-refractivity contribution < 1.29 is 18.1 Å². The summed E-state index contributed by atoms with van der Waals surface area (Å²) in [6, 6.07) is 4.95. The van der Waals surface area contributed by atoms with Gasteiger partial charge in [-0.1, -0.05) is 12.1 Å². The third-order valence-corrected chi connectivity index (χ3v) is 3.59. The Hall–Kier alpha value is -1.76. The summed E-state index contributed by atoms with van der Waals surface area (Å²) in [6.45, 7) is 1.12. The molecule has 7 heteroatoms. The highest BCUT2D eigenvalue weighted by Gasteiger charge is 2.26. The number of carbonyl (C=O) groups is 1. The Morgan fingerprint density at radius 2 is 1.94 bits per heavy atom. The molecule has 0 amide bonds. The summed E-state index contributed by atoms with van der Waals surface area (Å²) >= 11 is 0. The molecule has 0 saturated carbocycles. The predicted octanol–water partition coefficient (Wildman–Crippen LogP) is 0.958. The Labute approximate surface area is 92.0 Å². The molecule has 1 aromatic carbocycles. The van der Waals surface area contributed by atoms with E-state index in [9.17, 15) is 23.3 Å². The second kappa shape index (κ2) is 4.40. The van der Waals surface area contributed by atoms with Gasteiger partial charge in [-0.2, -0.15) is 0 Å². The molecule has 0 saturated heterocycles. The number of benzene rings is 1. The minimum atomic E-state index is -3.93. The maximum absolute atomic E-state index is 11.6. The van der Waals surface area contributed by atoms with Crippen LogP contribution in [0.5, 0.6) is 0 Å². The van der Waals surface area contributed by atoms with Gasteiger partial charge in [0, 0.05) is 6.07 Å². The van der Waals surface area contributed by atoms with Crippen molar-refractivity contribution in [2.24, 2.45) is 0 Å². The number of nitrogens with zero attached hydrogens (tertiary/aromatic N) is 1. The zero-order valence-corrected chi connectivity index (χ0v) is 9.23. The topological polar surface area (TPSA) is 94.3 Å². The lowest BCUT2D eigenvalue weighted by Crippen LogP contribution is -2.14. The van der Waals surface area contributed by atoms with E-state index in [1.54, 1.807) is 0 Å². The lowest BCUT2D eigenvalue weighted by molar-refractivity contribution is -0.387. The van der Waals surface area contributed by atoms with Crippen LogP contribution in [-0.2, 0) is 14.6 Å². The Morgan fingerprint density at radius 1 is 1.38 bits per heavy atom. The van der Waals surface area contributed by atoms with Crippen LogP contribution in [0.4, 0.5) is 5.69 Å². The summed E-state index contributed by atoms with van der Waals surface area (Å²) in [5.74, 6) is -1.28. The number of Topliss-reactive ketones (excluding diaryl/α,β-unsaturated/α-hetero) is 1. The molecule has 0 N–H and O–H groups in total. The SMILES string of the molecule is CC(=O)CS(=O)(=O)c1ccccc1[N+](=O)[O-]. The second-order valence-electron chi connectivity index (χ2n) is 3.19. The molecule has 86 valence electrons. The van der Waals surface area contributed by atoms with Gasteiger partial charge in [0.2, 0.25) is 0 Å². The van der Waals surface area contributed by atoms with Gasteiger partial charge >= 0.3 is 0 Å². The van der Waals surface area contributed by atoms with E-state index in [0.29, 0.717) is 0 Å². The monoisotopic (exact) mass is 243 g/mol. The number of hydrogen-bond acceptors (Lipinski definition) is 5. The highest BCUT2D eigenvalue weighted by Crippen LogP contribution is 2.23. The van der Waals surface area contributed by atoms with E-state index in [2.05, 4.69) is 0 Å². The van der Waals surface area contributed by atoms with E-state index in [4.69, 9.17) is 0 Å². The molecule has 6 nitrogen and oxygen atoms in total. The number of rotatable bonds is 4. The predicted molar refractivity (Wildman–Crippen MR) is 55.8 cm³/mol. The Morgan fingerprint density at radius 3 is 2.44 bits per heavy atom. The van der Waals surface area contributed by atoms with Gasteiger partial charge in [0.15, 0.2) is 9.84 Å². The maximum Gasteiger partial charge on any atom is 0.287 e. The number of para-hydroxylation sites is 1. The first kappa shape index (κ1) is 12.3. The Bertz CT molecular complexity index is 535. The highest BCUT2D eigenvalue weighted by atomic mass is 32.2. The molecule has 0 heterocycles. The van der Waals surface area contributed by atoms with Crippen LogP contribution >= 0.6 is 0 Å². The zero-order chi connectivity index (χ0) is 12.3. The van der Waals surface area contributed by atoms with Gasteiger partial charge in [-0.3, -0.25) is 14.9 Å². The van der Waals surface area contributed by atoms with Gasteiger partial charge in [-0.15, -0.1) is 0 Å². The number of sulfone groups is 1. The van der Waals surface area contributed by atoms with Crippen molar-refractivity contribution in [1.82, 2.24) is 0 Å². The first-order valence-electron chi connectivity index (χ1n) is 4.30. The number of hydrogen-bond donors (Lipinski definition) is 0. The molecule has 1 aromatic rings. The van der Waals surface area contributed by atoms with Crippen LogP contribution in [0.1, 0.15) is 6.92 Å². The largest absolute Gasteiger partial charge is 0.299 e. The third-order valence-electron chi connectivity index (χ3n) is 1.79. The number of nitro groups is 1. The summed E-state index contributed by atoms with van der Waals surface area (Å²) in [7, 11) is -3.93. The lowest BCUT2D eigenvalue weighted by Gasteiger charge is -2.02. The molecule has 16 heavy (non-hydrogen) atoms. The zero-order valence-electron chi connectivity index (χ0n) is 8.41. The average Bonchev–Trinajstić information content (AvgIpc) is 2.15. The van der Waals surface area contributed by atoms with Crippen LogP contribution < -0.4 is 0 Å². The van der Waals surface area contributed by atoms with E-state index < -0.39 is 36.9 Å². The smallest absolute Gasteiger partial charge is 0.287 e. The minimum absolute atomic E-state index is 0.421. The number of nitro benzene ring substituents is 1. The summed E-state index contributed by atoms with van der Waals surface area (Å²) in [4.78, 5) is 20.2. The van der Waals surface area contributed by atoms with Crippen molar-refractivity contribution >= 4 is 21.3 Å². The number of carbonyl (C=O) groups excluding carboxylic acids is 1. The summed E-state index contributed by atoms with van der Waals surface area (Å²) in [5, 5.41) is 10.6. The average molecular weight is 243 g/mol. The van der Waals surface area contributed by atoms with Crippen LogP contribution in [0.2, 0.25) is 0 Å². The van der Waals surface area contributed by atoms with Crippen molar-refractivity contribution in [1.29, 1.82) is 0 Å². The van der Waals surface area contributed by atoms with E-state index >= 15 is 0 Å². The Kier molecular flexibility index (Phi) is 3.38. The summed E-state index contributed by atoms with van der Waals surface area (Å²) in [5.41, 5.74) is -0.510. The molecule has 0 spiro atoms. The van der Waals surface area contributed by atoms with Crippen LogP contribution in [0.25, 0.3) is 0 Å². The fourth-order valence-corrected chi connectivity index (χ4v) is 2.65. The molecule has 1 rings (SSSR count).